The molecule has 2 saturated heterocycles. The molecule has 136 valence electrons. The van der Waals surface area contributed by atoms with Crippen LogP contribution in [-0.2, 0) is 24.2 Å². The molecule has 1 unspecified atom stereocenters. The van der Waals surface area contributed by atoms with Gasteiger partial charge in [-0.05, 0) is 6.42 Å². The maximum absolute atomic E-state index is 12.4. The van der Waals surface area contributed by atoms with Crippen LogP contribution in [-0.4, -0.2) is 61.6 Å². The van der Waals surface area contributed by atoms with E-state index in [1.54, 1.807) is 0 Å². The summed E-state index contributed by atoms with van der Waals surface area (Å²) in [6.07, 6.45) is 7.37. The molecule has 0 N–H and O–H groups in total. The Morgan fingerprint density at radius 2 is 2.00 bits per heavy atom. The van der Waals surface area contributed by atoms with E-state index in [1.165, 1.54) is 12.0 Å². The van der Waals surface area contributed by atoms with Gasteiger partial charge >= 0.3 is 5.97 Å². The average molecular weight is 367 g/mol. The molecule has 0 aromatic heterocycles. The molecule has 8 nitrogen and oxygen atoms in total. The summed E-state index contributed by atoms with van der Waals surface area (Å²) in [6, 6.07) is 0. The summed E-state index contributed by atoms with van der Waals surface area (Å²) in [5, 5.41) is 7.98. The molecule has 3 aliphatic rings. The molecule has 9 heteroatoms. The van der Waals surface area contributed by atoms with Gasteiger partial charge in [0.1, 0.15) is 4.75 Å². The van der Waals surface area contributed by atoms with Crippen LogP contribution >= 0.6 is 0 Å². The van der Waals surface area contributed by atoms with E-state index in [4.69, 9.17) is 11.2 Å². The summed E-state index contributed by atoms with van der Waals surface area (Å²) in [5.41, 5.74) is -0.529. The summed E-state index contributed by atoms with van der Waals surface area (Å²) in [4.78, 5) is 25.8. The lowest BCUT2D eigenvalue weighted by Gasteiger charge is -2.49. The fraction of sp³-hybridized carbons (Fsp3) is 0.750. The minimum Gasteiger partial charge on any atom is -0.469 e. The number of sulfone groups is 1. The first kappa shape index (κ1) is 17.9. The van der Waals surface area contributed by atoms with Gasteiger partial charge in [0.15, 0.2) is 15.5 Å². The number of hydrogen-bond donors (Lipinski definition) is 0. The van der Waals surface area contributed by atoms with Crippen molar-refractivity contribution in [1.29, 1.82) is 0 Å². The van der Waals surface area contributed by atoms with Crippen LogP contribution in [0.15, 0.2) is 10.2 Å². The number of carbonyl (C=O) groups is 2. The third-order valence-corrected chi connectivity index (χ3v) is 8.03. The zero-order chi connectivity index (χ0) is 18.3. The maximum atomic E-state index is 12.4. The molecule has 0 aliphatic carbocycles. The zero-order valence-corrected chi connectivity index (χ0v) is 14.9. The van der Waals surface area contributed by atoms with Gasteiger partial charge in [-0.25, -0.2) is 8.42 Å². The second kappa shape index (κ2) is 6.09. The predicted octanol–water partition coefficient (Wildman–Crippen LogP) is 0.531. The largest absolute Gasteiger partial charge is 0.469 e. The van der Waals surface area contributed by atoms with Crippen molar-refractivity contribution in [3.8, 4) is 12.3 Å². The molecule has 0 radical (unpaired) electrons. The molecule has 0 aromatic carbocycles. The van der Waals surface area contributed by atoms with Crippen LogP contribution < -0.4 is 0 Å². The number of esters is 1. The maximum Gasteiger partial charge on any atom is 0.310 e. The highest BCUT2D eigenvalue weighted by Crippen LogP contribution is 2.46. The quantitative estimate of drug-likeness (QED) is 0.503. The van der Waals surface area contributed by atoms with Gasteiger partial charge in [-0.2, -0.15) is 10.2 Å². The van der Waals surface area contributed by atoms with Gasteiger partial charge in [-0.15, -0.1) is 12.3 Å². The normalized spacial score (nSPS) is 26.7. The lowest BCUT2D eigenvalue weighted by molar-refractivity contribution is -0.151. The van der Waals surface area contributed by atoms with Crippen molar-refractivity contribution in [3.05, 3.63) is 0 Å². The average Bonchev–Trinajstić information content (AvgIpc) is 3.26. The van der Waals surface area contributed by atoms with Crippen LogP contribution in [0, 0.1) is 18.3 Å². The lowest BCUT2D eigenvalue weighted by atomic mass is 9.83. The van der Waals surface area contributed by atoms with Gasteiger partial charge in [0, 0.05) is 38.8 Å². The van der Waals surface area contributed by atoms with E-state index in [0.717, 1.165) is 0 Å². The number of nitrogens with zero attached hydrogens (tertiary/aromatic N) is 3. The number of hydrogen-bond acceptors (Lipinski definition) is 7. The number of methoxy groups -OCH3 is 1. The number of carbonyl (C=O) groups excluding carboxylic acids is 2. The Hall–Kier alpha value is -1.95. The monoisotopic (exact) mass is 367 g/mol. The second-order valence-electron chi connectivity index (χ2n) is 6.88. The van der Waals surface area contributed by atoms with E-state index in [9.17, 15) is 18.0 Å². The van der Waals surface area contributed by atoms with Gasteiger partial charge in [0.25, 0.3) is 0 Å². The molecule has 0 aromatic rings. The van der Waals surface area contributed by atoms with E-state index in [2.05, 4.69) is 16.1 Å². The number of amides is 1. The molecule has 2 fully saturated rings. The summed E-state index contributed by atoms with van der Waals surface area (Å²) >= 11 is 0. The molecule has 1 spiro atoms. The Morgan fingerprint density at radius 3 is 2.56 bits per heavy atom. The molecular formula is C16H21N3O5S. The van der Waals surface area contributed by atoms with Crippen LogP contribution in [0.5, 0.6) is 0 Å². The van der Waals surface area contributed by atoms with Crippen molar-refractivity contribution < 1.29 is 22.7 Å². The Balaban J connectivity index is 1.58. The van der Waals surface area contributed by atoms with Crippen molar-refractivity contribution in [2.75, 3.05) is 26.0 Å². The van der Waals surface area contributed by atoms with E-state index in [-0.39, 0.29) is 37.6 Å². The number of terminal acetylenes is 1. The molecule has 3 aliphatic heterocycles. The van der Waals surface area contributed by atoms with Crippen molar-refractivity contribution in [3.63, 3.8) is 0 Å². The van der Waals surface area contributed by atoms with E-state index in [1.807, 2.05) is 0 Å². The number of likely N-dealkylation sites (tertiary alicyclic amines) is 1. The molecule has 0 bridgehead atoms. The van der Waals surface area contributed by atoms with Gasteiger partial charge in [-0.1, -0.05) is 0 Å². The topological polar surface area (TPSA) is 105 Å². The number of ether oxygens (including phenoxy) is 1. The van der Waals surface area contributed by atoms with Crippen molar-refractivity contribution in [2.24, 2.45) is 16.1 Å². The Labute approximate surface area is 146 Å². The van der Waals surface area contributed by atoms with Crippen molar-refractivity contribution in [1.82, 2.24) is 4.90 Å². The Kier molecular flexibility index (Phi) is 4.35. The highest BCUT2D eigenvalue weighted by Gasteiger charge is 2.65. The van der Waals surface area contributed by atoms with Crippen molar-refractivity contribution in [2.45, 2.75) is 42.5 Å². The van der Waals surface area contributed by atoms with E-state index in [0.29, 0.717) is 19.3 Å². The molecule has 1 amide bonds. The predicted molar refractivity (Wildman–Crippen MR) is 88.1 cm³/mol. The van der Waals surface area contributed by atoms with Crippen LogP contribution in [0.3, 0.4) is 0 Å². The molecule has 3 heterocycles. The van der Waals surface area contributed by atoms with E-state index >= 15 is 0 Å². The molecular weight excluding hydrogens is 346 g/mol. The second-order valence-corrected chi connectivity index (χ2v) is 9.34. The smallest absolute Gasteiger partial charge is 0.310 e. The van der Waals surface area contributed by atoms with Crippen molar-refractivity contribution >= 4 is 21.7 Å². The molecule has 0 saturated carbocycles. The third kappa shape index (κ3) is 2.92. The van der Waals surface area contributed by atoms with Gasteiger partial charge in [0.05, 0.1) is 18.8 Å². The van der Waals surface area contributed by atoms with Gasteiger partial charge in [-0.3, -0.25) is 9.59 Å². The Morgan fingerprint density at radius 1 is 1.32 bits per heavy atom. The van der Waals surface area contributed by atoms with Gasteiger partial charge in [0.2, 0.25) is 5.91 Å². The summed E-state index contributed by atoms with van der Waals surface area (Å²) < 4.78 is 28.4. The Bertz CT molecular complexity index is 755. The van der Waals surface area contributed by atoms with Crippen LogP contribution in [0.2, 0.25) is 0 Å². The first-order chi connectivity index (χ1) is 11.8. The van der Waals surface area contributed by atoms with Crippen LogP contribution in [0.25, 0.3) is 0 Å². The SMILES string of the molecule is C#CCCC1(CCC(=O)N2CC3(C2)C(C(=O)OC)CCS3(=O)=O)N=N1. The fourth-order valence-corrected chi connectivity index (χ4v) is 6.06. The van der Waals surface area contributed by atoms with Crippen LogP contribution in [0.1, 0.15) is 32.1 Å². The van der Waals surface area contributed by atoms with E-state index < -0.39 is 32.1 Å². The molecule has 1 atom stereocenters. The summed E-state index contributed by atoms with van der Waals surface area (Å²) in [7, 11) is -2.17. The standard InChI is InChI=1S/C16H21N3O5S/c1-3-4-7-16(17-18-16)8-5-13(20)19-10-15(11-19)12(14(21)24-2)6-9-25(15,22)23/h1,12H,4-11H2,2H3. The third-order valence-electron chi connectivity index (χ3n) is 5.48. The van der Waals surface area contributed by atoms with Crippen LogP contribution in [0.4, 0.5) is 0 Å². The zero-order valence-electron chi connectivity index (χ0n) is 14.1. The minimum atomic E-state index is -3.42. The summed E-state index contributed by atoms with van der Waals surface area (Å²) in [5.74, 6) is 1.14. The highest BCUT2D eigenvalue weighted by molar-refractivity contribution is 7.93. The summed E-state index contributed by atoms with van der Waals surface area (Å²) in [6.45, 7) is 0.110. The van der Waals surface area contributed by atoms with Gasteiger partial charge < -0.3 is 9.64 Å². The minimum absolute atomic E-state index is 0.0399. The lowest BCUT2D eigenvalue weighted by Crippen LogP contribution is -2.69. The first-order valence-electron chi connectivity index (χ1n) is 8.25. The molecule has 25 heavy (non-hydrogen) atoms. The first-order valence-corrected chi connectivity index (χ1v) is 9.90. The fourth-order valence-electron chi connectivity index (χ4n) is 3.76. The molecule has 3 rings (SSSR count). The highest BCUT2D eigenvalue weighted by atomic mass is 32.2. The number of rotatable bonds is 6.